The predicted octanol–water partition coefficient (Wildman–Crippen LogP) is -1.03. The molecule has 0 unspecified atom stereocenters. The molecule has 0 saturated heterocycles. The van der Waals surface area contributed by atoms with E-state index in [1.165, 1.54) is 0 Å². The van der Waals surface area contributed by atoms with Gasteiger partial charge >= 0.3 is 0 Å². The number of nitrogens with one attached hydrogen (secondary N) is 1. The van der Waals surface area contributed by atoms with Crippen LogP contribution in [0.1, 0.15) is 25.7 Å². The number of hydrogen-bond donors (Lipinski definition) is 4. The molecule has 0 saturated carbocycles. The molecule has 0 spiro atoms. The zero-order valence-corrected chi connectivity index (χ0v) is 8.41. The summed E-state index contributed by atoms with van der Waals surface area (Å²) in [5, 5.41) is 19.9. The molecule has 0 heterocycles. The van der Waals surface area contributed by atoms with E-state index in [1.54, 1.807) is 0 Å². The van der Waals surface area contributed by atoms with Gasteiger partial charge in [0.15, 0.2) is 0 Å². The lowest BCUT2D eigenvalue weighted by molar-refractivity contribution is -0.122. The first-order chi connectivity index (χ1) is 6.74. The summed E-state index contributed by atoms with van der Waals surface area (Å²) >= 11 is 0. The van der Waals surface area contributed by atoms with Gasteiger partial charge in [0.05, 0.1) is 19.3 Å². The van der Waals surface area contributed by atoms with Crippen molar-refractivity contribution < 1.29 is 15.0 Å². The minimum atomic E-state index is -0.531. The Kier molecular flexibility index (Phi) is 8.51. The molecule has 5 heteroatoms. The fourth-order valence-corrected chi connectivity index (χ4v) is 1.06. The van der Waals surface area contributed by atoms with Gasteiger partial charge in [-0.15, -0.1) is 0 Å². The van der Waals surface area contributed by atoms with E-state index in [2.05, 4.69) is 5.32 Å². The molecule has 0 aromatic rings. The van der Waals surface area contributed by atoms with Crippen LogP contribution in [-0.2, 0) is 4.79 Å². The monoisotopic (exact) mass is 204 g/mol. The topological polar surface area (TPSA) is 95.6 Å². The number of hydrogen-bond acceptors (Lipinski definition) is 4. The van der Waals surface area contributed by atoms with E-state index in [9.17, 15) is 4.79 Å². The molecule has 84 valence electrons. The highest BCUT2D eigenvalue weighted by Gasteiger charge is 2.08. The van der Waals surface area contributed by atoms with E-state index < -0.39 is 6.04 Å². The second-order valence-corrected chi connectivity index (χ2v) is 3.23. The van der Waals surface area contributed by atoms with Crippen LogP contribution in [0.25, 0.3) is 0 Å². The lowest BCUT2D eigenvalue weighted by Crippen LogP contribution is -2.39. The third-order valence-corrected chi connectivity index (χ3v) is 1.91. The molecule has 0 aliphatic heterocycles. The summed E-state index contributed by atoms with van der Waals surface area (Å²) < 4.78 is 0. The molecule has 0 aliphatic carbocycles. The molecule has 0 bridgehead atoms. The first kappa shape index (κ1) is 13.4. The van der Waals surface area contributed by atoms with Gasteiger partial charge in [-0.25, -0.2) is 0 Å². The van der Waals surface area contributed by atoms with Gasteiger partial charge in [-0.1, -0.05) is 6.42 Å². The van der Waals surface area contributed by atoms with Crippen LogP contribution in [0.4, 0.5) is 0 Å². The van der Waals surface area contributed by atoms with Gasteiger partial charge in [0, 0.05) is 6.42 Å². The predicted molar refractivity (Wildman–Crippen MR) is 53.6 cm³/mol. The van der Waals surface area contributed by atoms with Crippen molar-refractivity contribution in [2.24, 2.45) is 5.73 Å². The van der Waals surface area contributed by atoms with Crippen LogP contribution in [0.2, 0.25) is 0 Å². The van der Waals surface area contributed by atoms with E-state index in [1.807, 2.05) is 0 Å². The van der Waals surface area contributed by atoms with Crippen molar-refractivity contribution in [1.82, 2.24) is 5.32 Å². The van der Waals surface area contributed by atoms with Crippen molar-refractivity contribution in [2.45, 2.75) is 31.7 Å². The second kappa shape index (κ2) is 8.93. The maximum absolute atomic E-state index is 11.2. The highest BCUT2D eigenvalue weighted by atomic mass is 16.3. The average molecular weight is 204 g/mol. The van der Waals surface area contributed by atoms with Crippen LogP contribution in [-0.4, -0.2) is 41.9 Å². The van der Waals surface area contributed by atoms with Crippen LogP contribution in [0.3, 0.4) is 0 Å². The molecule has 5 nitrogen and oxygen atoms in total. The van der Waals surface area contributed by atoms with Gasteiger partial charge < -0.3 is 21.3 Å². The number of rotatable bonds is 8. The van der Waals surface area contributed by atoms with Gasteiger partial charge in [-0.05, 0) is 19.4 Å². The molecular weight excluding hydrogens is 184 g/mol. The Balaban J connectivity index is 3.44. The van der Waals surface area contributed by atoms with Crippen LogP contribution >= 0.6 is 0 Å². The normalized spacial score (nSPS) is 10.6. The second-order valence-electron chi connectivity index (χ2n) is 3.23. The smallest absolute Gasteiger partial charge is 0.220 e. The number of unbranched alkanes of at least 4 members (excludes halogenated alkanes) is 2. The van der Waals surface area contributed by atoms with E-state index in [0.717, 1.165) is 19.3 Å². The molecule has 0 aliphatic rings. The maximum Gasteiger partial charge on any atom is 0.220 e. The summed E-state index contributed by atoms with van der Waals surface area (Å²) in [6.45, 7) is 0.188. The minimum absolute atomic E-state index is 0.130. The fraction of sp³-hybridized carbons (Fsp3) is 0.889. The summed E-state index contributed by atoms with van der Waals surface area (Å²) in [5.74, 6) is -0.130. The highest BCUT2D eigenvalue weighted by molar-refractivity contribution is 5.76. The third-order valence-electron chi connectivity index (χ3n) is 1.91. The standard InChI is InChI=1S/C9H20N2O3/c10-5-3-1-2-4-9(14)11-8(6-12)7-13/h8,12-13H,1-7,10H2,(H,11,14). The van der Waals surface area contributed by atoms with E-state index >= 15 is 0 Å². The number of aliphatic hydroxyl groups excluding tert-OH is 2. The van der Waals surface area contributed by atoms with Gasteiger partial charge in [-0.2, -0.15) is 0 Å². The van der Waals surface area contributed by atoms with Crippen molar-refractivity contribution in [3.05, 3.63) is 0 Å². The largest absolute Gasteiger partial charge is 0.394 e. The molecule has 0 atom stereocenters. The zero-order chi connectivity index (χ0) is 10.8. The van der Waals surface area contributed by atoms with Gasteiger partial charge in [0.25, 0.3) is 0 Å². The Labute approximate surface area is 84.3 Å². The molecule has 0 rings (SSSR count). The Bertz CT molecular complexity index is 149. The lowest BCUT2D eigenvalue weighted by atomic mass is 10.2. The molecule has 0 radical (unpaired) electrons. The Hall–Kier alpha value is -0.650. The first-order valence-electron chi connectivity index (χ1n) is 4.95. The Morgan fingerprint density at radius 1 is 1.21 bits per heavy atom. The summed E-state index contributed by atoms with van der Waals surface area (Å²) in [6, 6.07) is -0.531. The van der Waals surface area contributed by atoms with Gasteiger partial charge in [0.1, 0.15) is 0 Å². The summed E-state index contributed by atoms with van der Waals surface area (Å²) in [6.07, 6.45) is 3.09. The zero-order valence-electron chi connectivity index (χ0n) is 8.41. The van der Waals surface area contributed by atoms with Crippen molar-refractivity contribution >= 4 is 5.91 Å². The van der Waals surface area contributed by atoms with Crippen LogP contribution in [0.15, 0.2) is 0 Å². The number of aliphatic hydroxyl groups is 2. The third kappa shape index (κ3) is 6.82. The molecule has 1 amide bonds. The number of carbonyl (C=O) groups is 1. The number of carbonyl (C=O) groups excluding carboxylic acids is 1. The van der Waals surface area contributed by atoms with Gasteiger partial charge in [-0.3, -0.25) is 4.79 Å². The quantitative estimate of drug-likeness (QED) is 0.380. The summed E-state index contributed by atoms with van der Waals surface area (Å²) in [4.78, 5) is 11.2. The molecule has 0 aromatic heterocycles. The molecule has 0 fully saturated rings. The van der Waals surface area contributed by atoms with Crippen LogP contribution in [0.5, 0.6) is 0 Å². The minimum Gasteiger partial charge on any atom is -0.394 e. The van der Waals surface area contributed by atoms with Crippen LogP contribution in [0, 0.1) is 0 Å². The van der Waals surface area contributed by atoms with E-state index in [4.69, 9.17) is 15.9 Å². The van der Waals surface area contributed by atoms with Crippen molar-refractivity contribution in [3.8, 4) is 0 Å². The van der Waals surface area contributed by atoms with Gasteiger partial charge in [0.2, 0.25) is 5.91 Å². The summed E-state index contributed by atoms with van der Waals surface area (Å²) in [5.41, 5.74) is 5.30. The lowest BCUT2D eigenvalue weighted by Gasteiger charge is -2.12. The first-order valence-corrected chi connectivity index (χ1v) is 4.95. The summed E-state index contributed by atoms with van der Waals surface area (Å²) in [7, 11) is 0. The molecule has 0 aromatic carbocycles. The van der Waals surface area contributed by atoms with E-state index in [0.29, 0.717) is 13.0 Å². The van der Waals surface area contributed by atoms with Crippen molar-refractivity contribution in [3.63, 3.8) is 0 Å². The highest BCUT2D eigenvalue weighted by Crippen LogP contribution is 1.98. The molecule has 5 N–H and O–H groups in total. The Morgan fingerprint density at radius 3 is 2.36 bits per heavy atom. The molecule has 14 heavy (non-hydrogen) atoms. The SMILES string of the molecule is NCCCCCC(=O)NC(CO)CO. The Morgan fingerprint density at radius 2 is 1.86 bits per heavy atom. The average Bonchev–Trinajstić information content (AvgIpc) is 2.21. The number of amides is 1. The number of nitrogens with two attached hydrogens (primary N) is 1. The molecular formula is C9H20N2O3. The maximum atomic E-state index is 11.2. The fourth-order valence-electron chi connectivity index (χ4n) is 1.06. The van der Waals surface area contributed by atoms with Crippen LogP contribution < -0.4 is 11.1 Å². The van der Waals surface area contributed by atoms with Crippen molar-refractivity contribution in [2.75, 3.05) is 19.8 Å². The van der Waals surface area contributed by atoms with Crippen molar-refractivity contribution in [1.29, 1.82) is 0 Å². The van der Waals surface area contributed by atoms with E-state index in [-0.39, 0.29) is 19.1 Å².